The Morgan fingerprint density at radius 2 is 1.59 bits per heavy atom. The van der Waals surface area contributed by atoms with Gasteiger partial charge in [-0.05, 0) is 48.5 Å². The van der Waals surface area contributed by atoms with Crippen LogP contribution in [0.4, 0.5) is 5.69 Å². The van der Waals surface area contributed by atoms with Crippen LogP contribution in [0.1, 0.15) is 26.3 Å². The number of ether oxygens (including phenoxy) is 1. The van der Waals surface area contributed by atoms with Gasteiger partial charge in [-0.2, -0.15) is 5.10 Å². The van der Waals surface area contributed by atoms with Crippen molar-refractivity contribution in [1.29, 1.82) is 0 Å². The summed E-state index contributed by atoms with van der Waals surface area (Å²) in [6.45, 7) is 0. The minimum atomic E-state index is -0.426. The van der Waals surface area contributed by atoms with E-state index in [4.69, 9.17) is 4.74 Å². The van der Waals surface area contributed by atoms with Gasteiger partial charge in [0.1, 0.15) is 0 Å². The molecule has 0 aromatic heterocycles. The van der Waals surface area contributed by atoms with Crippen LogP contribution in [0.3, 0.4) is 0 Å². The Labute approximate surface area is 167 Å². The molecule has 3 aromatic carbocycles. The molecule has 7 nitrogen and oxygen atoms in total. The van der Waals surface area contributed by atoms with Gasteiger partial charge in [0.2, 0.25) is 0 Å². The highest BCUT2D eigenvalue weighted by Gasteiger charge is 2.08. The second-order valence-corrected chi connectivity index (χ2v) is 5.99. The number of nitrogens with one attached hydrogen (secondary N) is 2. The second-order valence-electron chi connectivity index (χ2n) is 5.99. The van der Waals surface area contributed by atoms with Crippen molar-refractivity contribution in [3.63, 3.8) is 0 Å². The van der Waals surface area contributed by atoms with E-state index in [-0.39, 0.29) is 11.7 Å². The van der Waals surface area contributed by atoms with Crippen LogP contribution >= 0.6 is 0 Å². The average molecular weight is 389 g/mol. The van der Waals surface area contributed by atoms with Gasteiger partial charge >= 0.3 is 0 Å². The van der Waals surface area contributed by atoms with E-state index in [2.05, 4.69) is 15.8 Å². The van der Waals surface area contributed by atoms with Crippen LogP contribution in [0.15, 0.2) is 77.9 Å². The number of phenols is 1. The number of hydrogen-bond donors (Lipinski definition) is 3. The molecule has 7 heteroatoms. The molecule has 3 rings (SSSR count). The van der Waals surface area contributed by atoms with E-state index in [1.807, 2.05) is 6.07 Å². The number of para-hydroxylation sites is 1. The molecule has 0 aliphatic heterocycles. The van der Waals surface area contributed by atoms with Crippen LogP contribution in [0.5, 0.6) is 11.5 Å². The first kappa shape index (κ1) is 19.6. The number of hydrazone groups is 1. The zero-order valence-electron chi connectivity index (χ0n) is 15.6. The van der Waals surface area contributed by atoms with E-state index in [1.54, 1.807) is 66.7 Å². The molecule has 0 saturated heterocycles. The van der Waals surface area contributed by atoms with Crippen molar-refractivity contribution in [2.45, 2.75) is 0 Å². The number of nitrogens with zero attached hydrogens (tertiary/aromatic N) is 1. The molecule has 0 unspecified atom stereocenters. The number of carbonyl (C=O) groups is 2. The van der Waals surface area contributed by atoms with Crippen LogP contribution in [-0.4, -0.2) is 30.2 Å². The van der Waals surface area contributed by atoms with Crippen molar-refractivity contribution in [3.05, 3.63) is 89.5 Å². The summed E-state index contributed by atoms with van der Waals surface area (Å²) < 4.78 is 5.02. The molecule has 146 valence electrons. The van der Waals surface area contributed by atoms with E-state index in [0.717, 1.165) is 0 Å². The smallest absolute Gasteiger partial charge is 0.271 e. The number of rotatable bonds is 6. The molecular formula is C22H19N3O4. The van der Waals surface area contributed by atoms with Gasteiger partial charge in [-0.15, -0.1) is 0 Å². The van der Waals surface area contributed by atoms with Crippen LogP contribution < -0.4 is 15.5 Å². The third-order valence-corrected chi connectivity index (χ3v) is 4.06. The highest BCUT2D eigenvalue weighted by Crippen LogP contribution is 2.27. The van der Waals surface area contributed by atoms with Gasteiger partial charge in [0, 0.05) is 22.4 Å². The molecule has 0 heterocycles. The van der Waals surface area contributed by atoms with Crippen molar-refractivity contribution in [2.75, 3.05) is 12.4 Å². The number of hydrogen-bond acceptors (Lipinski definition) is 5. The highest BCUT2D eigenvalue weighted by atomic mass is 16.5. The topological polar surface area (TPSA) is 100 Å². The monoisotopic (exact) mass is 389 g/mol. The summed E-state index contributed by atoms with van der Waals surface area (Å²) in [5.41, 5.74) is 4.28. The number of benzene rings is 3. The highest BCUT2D eigenvalue weighted by molar-refractivity contribution is 6.04. The number of amides is 2. The minimum Gasteiger partial charge on any atom is -0.504 e. The van der Waals surface area contributed by atoms with E-state index in [0.29, 0.717) is 28.1 Å². The second kappa shape index (κ2) is 9.18. The van der Waals surface area contributed by atoms with Gasteiger partial charge in [-0.25, -0.2) is 5.43 Å². The van der Waals surface area contributed by atoms with Crippen molar-refractivity contribution in [3.8, 4) is 11.5 Å². The maximum Gasteiger partial charge on any atom is 0.271 e. The summed E-state index contributed by atoms with van der Waals surface area (Å²) >= 11 is 0. The van der Waals surface area contributed by atoms with Crippen LogP contribution in [0, 0.1) is 0 Å². The van der Waals surface area contributed by atoms with Crippen molar-refractivity contribution >= 4 is 23.7 Å². The summed E-state index contributed by atoms with van der Waals surface area (Å²) in [5.74, 6) is -0.407. The third kappa shape index (κ3) is 4.98. The van der Waals surface area contributed by atoms with E-state index in [1.165, 1.54) is 13.3 Å². The molecule has 29 heavy (non-hydrogen) atoms. The molecular weight excluding hydrogens is 370 g/mol. The molecule has 0 aliphatic carbocycles. The lowest BCUT2D eigenvalue weighted by molar-refractivity contribution is 0.0954. The average Bonchev–Trinajstić information content (AvgIpc) is 2.76. The summed E-state index contributed by atoms with van der Waals surface area (Å²) in [4.78, 5) is 24.3. The first-order chi connectivity index (χ1) is 14.1. The van der Waals surface area contributed by atoms with Gasteiger partial charge in [-0.3, -0.25) is 9.59 Å². The lowest BCUT2D eigenvalue weighted by atomic mass is 10.1. The molecule has 2 amide bonds. The SMILES string of the molecule is COc1cccc(C=NNC(=O)c2ccc(NC(=O)c3ccccc3)cc2)c1O. The zero-order valence-corrected chi connectivity index (χ0v) is 15.6. The van der Waals surface area contributed by atoms with Gasteiger partial charge in [0.05, 0.1) is 13.3 Å². The van der Waals surface area contributed by atoms with Crippen molar-refractivity contribution in [1.82, 2.24) is 5.43 Å². The van der Waals surface area contributed by atoms with Gasteiger partial charge in [0.25, 0.3) is 11.8 Å². The summed E-state index contributed by atoms with van der Waals surface area (Å²) in [7, 11) is 1.45. The van der Waals surface area contributed by atoms with Gasteiger partial charge < -0.3 is 15.2 Å². The molecule has 3 aromatic rings. The van der Waals surface area contributed by atoms with Crippen molar-refractivity contribution in [2.24, 2.45) is 5.10 Å². The molecule has 0 spiro atoms. The Bertz CT molecular complexity index is 1030. The van der Waals surface area contributed by atoms with Crippen LogP contribution in [-0.2, 0) is 0 Å². The number of carbonyl (C=O) groups excluding carboxylic acids is 2. The Hall–Kier alpha value is -4.13. The fraction of sp³-hybridized carbons (Fsp3) is 0.0455. The van der Waals surface area contributed by atoms with Crippen LogP contribution in [0.2, 0.25) is 0 Å². The summed E-state index contributed by atoms with van der Waals surface area (Å²) in [5, 5.41) is 16.6. The van der Waals surface area contributed by atoms with E-state index >= 15 is 0 Å². The zero-order chi connectivity index (χ0) is 20.6. The first-order valence-corrected chi connectivity index (χ1v) is 8.74. The van der Waals surface area contributed by atoms with Crippen molar-refractivity contribution < 1.29 is 19.4 Å². The number of methoxy groups -OCH3 is 1. The molecule has 0 radical (unpaired) electrons. The Morgan fingerprint density at radius 3 is 2.28 bits per heavy atom. The standard InChI is InChI=1S/C22H19N3O4/c1-29-19-9-5-8-17(20(19)26)14-23-25-22(28)16-10-12-18(13-11-16)24-21(27)15-6-3-2-4-7-15/h2-14,26H,1H3,(H,24,27)(H,25,28). The van der Waals surface area contributed by atoms with Crippen LogP contribution in [0.25, 0.3) is 0 Å². The quantitative estimate of drug-likeness (QED) is 0.444. The molecule has 0 aliphatic rings. The fourth-order valence-electron chi connectivity index (χ4n) is 2.53. The minimum absolute atomic E-state index is 0.0634. The van der Waals surface area contributed by atoms with Gasteiger partial charge in [-0.1, -0.05) is 24.3 Å². The normalized spacial score (nSPS) is 10.5. The maximum absolute atomic E-state index is 12.2. The number of anilines is 1. The lowest BCUT2D eigenvalue weighted by Gasteiger charge is -2.06. The third-order valence-electron chi connectivity index (χ3n) is 4.06. The Kier molecular flexibility index (Phi) is 6.22. The summed E-state index contributed by atoms with van der Waals surface area (Å²) in [6, 6.07) is 20.2. The van der Waals surface area contributed by atoms with Gasteiger partial charge in [0.15, 0.2) is 11.5 Å². The summed E-state index contributed by atoms with van der Waals surface area (Å²) in [6.07, 6.45) is 1.32. The molecule has 0 bridgehead atoms. The fourth-order valence-corrected chi connectivity index (χ4v) is 2.53. The molecule has 0 atom stereocenters. The Morgan fingerprint density at radius 1 is 0.897 bits per heavy atom. The molecule has 0 saturated carbocycles. The number of phenolic OH excluding ortho intramolecular Hbond substituents is 1. The first-order valence-electron chi connectivity index (χ1n) is 8.74. The molecule has 3 N–H and O–H groups in total. The largest absolute Gasteiger partial charge is 0.504 e. The predicted octanol–water partition coefficient (Wildman–Crippen LogP) is 3.42. The number of aromatic hydroxyl groups is 1. The predicted molar refractivity (Wildman–Crippen MR) is 111 cm³/mol. The maximum atomic E-state index is 12.2. The van der Waals surface area contributed by atoms with E-state index in [9.17, 15) is 14.7 Å². The lowest BCUT2D eigenvalue weighted by Crippen LogP contribution is -2.18. The van der Waals surface area contributed by atoms with E-state index < -0.39 is 5.91 Å². The Balaban J connectivity index is 1.60. The molecule has 0 fully saturated rings.